The van der Waals surface area contributed by atoms with Crippen molar-refractivity contribution in [2.24, 2.45) is 5.92 Å². The Labute approximate surface area is 131 Å². The van der Waals surface area contributed by atoms with E-state index in [0.29, 0.717) is 19.6 Å². The molecule has 22 heavy (non-hydrogen) atoms. The number of hydrogen-bond donors (Lipinski definition) is 0. The maximum Gasteiger partial charge on any atom is 0.227 e. The number of carbonyl (C=O) groups excluding carboxylic acids is 1. The first kappa shape index (κ1) is 15.3. The topological polar surface area (TPSA) is 70.6 Å². The van der Waals surface area contributed by atoms with Gasteiger partial charge in [0.05, 0.1) is 17.4 Å². The van der Waals surface area contributed by atoms with Gasteiger partial charge in [-0.05, 0) is 25.0 Å². The van der Waals surface area contributed by atoms with E-state index in [9.17, 15) is 13.2 Å². The van der Waals surface area contributed by atoms with Crippen molar-refractivity contribution in [1.82, 2.24) is 9.88 Å². The van der Waals surface area contributed by atoms with Gasteiger partial charge in [-0.25, -0.2) is 13.4 Å². The van der Waals surface area contributed by atoms with Crippen LogP contribution in [0.25, 0.3) is 0 Å². The quantitative estimate of drug-likeness (QED) is 0.795. The molecule has 6 nitrogen and oxygen atoms in total. The van der Waals surface area contributed by atoms with Crippen LogP contribution in [0.2, 0.25) is 0 Å². The van der Waals surface area contributed by atoms with Crippen molar-refractivity contribution in [2.75, 3.05) is 42.6 Å². The van der Waals surface area contributed by atoms with Crippen molar-refractivity contribution in [3.63, 3.8) is 0 Å². The highest BCUT2D eigenvalue weighted by molar-refractivity contribution is 7.91. The molecule has 0 radical (unpaired) electrons. The Morgan fingerprint density at radius 3 is 2.64 bits per heavy atom. The lowest BCUT2D eigenvalue weighted by molar-refractivity contribution is -0.135. The number of amides is 1. The Morgan fingerprint density at radius 2 is 1.95 bits per heavy atom. The molecule has 120 valence electrons. The Hall–Kier alpha value is -1.63. The van der Waals surface area contributed by atoms with Crippen LogP contribution in [-0.2, 0) is 14.6 Å². The van der Waals surface area contributed by atoms with Gasteiger partial charge in [-0.2, -0.15) is 0 Å². The molecule has 1 atom stereocenters. The van der Waals surface area contributed by atoms with Gasteiger partial charge >= 0.3 is 0 Å². The number of sulfone groups is 1. The fourth-order valence-electron chi connectivity index (χ4n) is 3.12. The predicted molar refractivity (Wildman–Crippen MR) is 84.4 cm³/mol. The average molecular weight is 323 g/mol. The van der Waals surface area contributed by atoms with E-state index in [2.05, 4.69) is 9.88 Å². The van der Waals surface area contributed by atoms with Crippen molar-refractivity contribution >= 4 is 21.6 Å². The van der Waals surface area contributed by atoms with Gasteiger partial charge in [0.1, 0.15) is 5.82 Å². The zero-order valence-electron chi connectivity index (χ0n) is 12.5. The smallest absolute Gasteiger partial charge is 0.227 e. The van der Waals surface area contributed by atoms with Crippen LogP contribution in [0.1, 0.15) is 12.8 Å². The average Bonchev–Trinajstić information content (AvgIpc) is 2.55. The van der Waals surface area contributed by atoms with E-state index >= 15 is 0 Å². The lowest BCUT2D eigenvalue weighted by atomic mass is 9.96. The maximum absolute atomic E-state index is 12.6. The summed E-state index contributed by atoms with van der Waals surface area (Å²) in [4.78, 5) is 20.8. The second-order valence-corrected chi connectivity index (χ2v) is 8.25. The highest BCUT2D eigenvalue weighted by atomic mass is 32.2. The summed E-state index contributed by atoms with van der Waals surface area (Å²) in [6.45, 7) is 2.25. The largest absolute Gasteiger partial charge is 0.356 e. The zero-order valence-corrected chi connectivity index (χ0v) is 13.3. The summed E-state index contributed by atoms with van der Waals surface area (Å²) >= 11 is 0. The van der Waals surface area contributed by atoms with E-state index in [1.165, 1.54) is 0 Å². The van der Waals surface area contributed by atoms with Crippen LogP contribution in [0, 0.1) is 5.92 Å². The maximum atomic E-state index is 12.6. The van der Waals surface area contributed by atoms with Gasteiger partial charge in [-0.3, -0.25) is 4.79 Å². The van der Waals surface area contributed by atoms with Gasteiger partial charge in [0.2, 0.25) is 5.91 Å². The molecular weight excluding hydrogens is 302 g/mol. The Kier molecular flexibility index (Phi) is 4.33. The van der Waals surface area contributed by atoms with Crippen LogP contribution in [-0.4, -0.2) is 61.9 Å². The molecule has 2 aliphatic rings. The van der Waals surface area contributed by atoms with E-state index < -0.39 is 9.84 Å². The van der Waals surface area contributed by atoms with Crippen molar-refractivity contribution in [2.45, 2.75) is 12.8 Å². The van der Waals surface area contributed by atoms with E-state index in [0.717, 1.165) is 25.2 Å². The summed E-state index contributed by atoms with van der Waals surface area (Å²) in [6, 6.07) is 5.79. The van der Waals surface area contributed by atoms with Gasteiger partial charge in [0.15, 0.2) is 9.84 Å². The van der Waals surface area contributed by atoms with Crippen LogP contribution in [0.5, 0.6) is 0 Å². The van der Waals surface area contributed by atoms with Crippen molar-refractivity contribution in [3.8, 4) is 0 Å². The second-order valence-electron chi connectivity index (χ2n) is 5.95. The molecule has 0 bridgehead atoms. The van der Waals surface area contributed by atoms with Crippen molar-refractivity contribution in [1.29, 1.82) is 0 Å². The fourth-order valence-corrected chi connectivity index (χ4v) is 4.32. The highest BCUT2D eigenvalue weighted by Crippen LogP contribution is 2.23. The SMILES string of the molecule is O=C([C@@H]1CCCN(c2ccccn2)C1)N1CCS(=O)(=O)CC1. The molecule has 0 saturated carbocycles. The summed E-state index contributed by atoms with van der Waals surface area (Å²) in [5.74, 6) is 1.12. The predicted octanol–water partition coefficient (Wildman–Crippen LogP) is 0.555. The molecule has 0 N–H and O–H groups in total. The summed E-state index contributed by atoms with van der Waals surface area (Å²) in [5, 5.41) is 0. The number of nitrogens with zero attached hydrogens (tertiary/aromatic N) is 3. The standard InChI is InChI=1S/C15H21N3O3S/c19-15(17-8-10-22(20,21)11-9-17)13-4-3-7-18(12-13)14-5-1-2-6-16-14/h1-2,5-6,13H,3-4,7-12H2/t13-/m1/s1. The monoisotopic (exact) mass is 323 g/mol. The van der Waals surface area contributed by atoms with Crippen molar-refractivity contribution in [3.05, 3.63) is 24.4 Å². The van der Waals surface area contributed by atoms with E-state index in [-0.39, 0.29) is 23.3 Å². The van der Waals surface area contributed by atoms with Crippen LogP contribution >= 0.6 is 0 Å². The van der Waals surface area contributed by atoms with Crippen LogP contribution in [0.4, 0.5) is 5.82 Å². The minimum absolute atomic E-state index is 0.0587. The molecule has 0 spiro atoms. The molecule has 7 heteroatoms. The third-order valence-electron chi connectivity index (χ3n) is 4.40. The summed E-state index contributed by atoms with van der Waals surface area (Å²) in [6.07, 6.45) is 3.58. The van der Waals surface area contributed by atoms with Gasteiger partial charge < -0.3 is 9.80 Å². The molecule has 2 fully saturated rings. The first-order valence-electron chi connectivity index (χ1n) is 7.70. The number of anilines is 1. The normalized spacial score (nSPS) is 25.0. The summed E-state index contributed by atoms with van der Waals surface area (Å²) < 4.78 is 23.0. The summed E-state index contributed by atoms with van der Waals surface area (Å²) in [7, 11) is -2.95. The number of aromatic nitrogens is 1. The third-order valence-corrected chi connectivity index (χ3v) is 6.01. The van der Waals surface area contributed by atoms with Crippen LogP contribution in [0.3, 0.4) is 0 Å². The number of hydrogen-bond acceptors (Lipinski definition) is 5. The zero-order chi connectivity index (χ0) is 15.6. The first-order chi connectivity index (χ1) is 10.6. The minimum atomic E-state index is -2.95. The second kappa shape index (κ2) is 6.24. The number of carbonyl (C=O) groups is 1. The molecule has 2 aliphatic heterocycles. The van der Waals surface area contributed by atoms with Crippen LogP contribution < -0.4 is 4.90 Å². The van der Waals surface area contributed by atoms with E-state index in [1.54, 1.807) is 11.1 Å². The Balaban J connectivity index is 1.63. The van der Waals surface area contributed by atoms with E-state index in [1.807, 2.05) is 18.2 Å². The molecule has 0 aliphatic carbocycles. The number of piperidine rings is 1. The van der Waals surface area contributed by atoms with Gasteiger partial charge in [0, 0.05) is 32.4 Å². The molecule has 1 amide bonds. The molecule has 2 saturated heterocycles. The van der Waals surface area contributed by atoms with E-state index in [4.69, 9.17) is 0 Å². The fraction of sp³-hybridized carbons (Fsp3) is 0.600. The third kappa shape index (κ3) is 3.40. The molecule has 3 heterocycles. The molecule has 0 unspecified atom stereocenters. The molecule has 1 aromatic heterocycles. The Morgan fingerprint density at radius 1 is 1.18 bits per heavy atom. The van der Waals surface area contributed by atoms with Gasteiger partial charge in [0.25, 0.3) is 0 Å². The Bertz CT molecular complexity index is 619. The highest BCUT2D eigenvalue weighted by Gasteiger charge is 2.32. The molecule has 0 aromatic carbocycles. The van der Waals surface area contributed by atoms with Crippen LogP contribution in [0.15, 0.2) is 24.4 Å². The van der Waals surface area contributed by atoms with Gasteiger partial charge in [-0.1, -0.05) is 6.07 Å². The first-order valence-corrected chi connectivity index (χ1v) is 9.52. The minimum Gasteiger partial charge on any atom is -0.356 e. The summed E-state index contributed by atoms with van der Waals surface area (Å²) in [5.41, 5.74) is 0. The molecular formula is C15H21N3O3S. The van der Waals surface area contributed by atoms with Gasteiger partial charge in [-0.15, -0.1) is 0 Å². The number of rotatable bonds is 2. The molecule has 3 rings (SSSR count). The lowest BCUT2D eigenvalue weighted by Crippen LogP contribution is -2.49. The molecule has 1 aromatic rings. The van der Waals surface area contributed by atoms with Crippen molar-refractivity contribution < 1.29 is 13.2 Å². The number of pyridine rings is 1. The lowest BCUT2D eigenvalue weighted by Gasteiger charge is -2.36.